The molecule has 1 fully saturated rings. The Balaban J connectivity index is 1.69. The molecule has 0 bridgehead atoms. The molecule has 1 aromatic carbocycles. The highest BCUT2D eigenvalue weighted by atomic mass is 35.5. The van der Waals surface area contributed by atoms with E-state index in [4.69, 9.17) is 11.6 Å². The van der Waals surface area contributed by atoms with Crippen molar-refractivity contribution in [3.8, 4) is 11.3 Å². The summed E-state index contributed by atoms with van der Waals surface area (Å²) in [6.45, 7) is 5.01. The van der Waals surface area contributed by atoms with Crippen LogP contribution in [0.4, 0.5) is 0 Å². The molecule has 1 atom stereocenters. The first kappa shape index (κ1) is 17.0. The molecule has 1 amide bonds. The lowest BCUT2D eigenvalue weighted by atomic mass is 10.1. The van der Waals surface area contributed by atoms with E-state index >= 15 is 0 Å². The Morgan fingerprint density at radius 1 is 1.42 bits per heavy atom. The molecule has 1 N–H and O–H groups in total. The molecule has 1 saturated heterocycles. The number of amides is 1. The minimum absolute atomic E-state index is 0.0822. The lowest BCUT2D eigenvalue weighted by molar-refractivity contribution is 0.0932. The Labute approximate surface area is 147 Å². The van der Waals surface area contributed by atoms with Gasteiger partial charge in [-0.15, -0.1) is 0 Å². The van der Waals surface area contributed by atoms with E-state index in [-0.39, 0.29) is 5.91 Å². The summed E-state index contributed by atoms with van der Waals surface area (Å²) in [5.41, 5.74) is 2.22. The van der Waals surface area contributed by atoms with Crippen LogP contribution in [0, 0.1) is 0 Å². The molecule has 0 spiro atoms. The molecule has 0 aliphatic carbocycles. The molecule has 1 aliphatic heterocycles. The molecule has 128 valence electrons. The van der Waals surface area contributed by atoms with Gasteiger partial charge in [0.15, 0.2) is 0 Å². The van der Waals surface area contributed by atoms with Gasteiger partial charge >= 0.3 is 0 Å². The van der Waals surface area contributed by atoms with Gasteiger partial charge in [-0.2, -0.15) is 5.10 Å². The Morgan fingerprint density at radius 3 is 3.00 bits per heavy atom. The van der Waals surface area contributed by atoms with Crippen LogP contribution in [-0.4, -0.2) is 46.3 Å². The van der Waals surface area contributed by atoms with E-state index in [9.17, 15) is 4.79 Å². The van der Waals surface area contributed by atoms with Crippen molar-refractivity contribution in [1.82, 2.24) is 20.0 Å². The van der Waals surface area contributed by atoms with Crippen LogP contribution in [0.25, 0.3) is 11.3 Å². The number of aryl methyl sites for hydroxylation is 1. The third-order valence-corrected chi connectivity index (χ3v) is 4.87. The molecular formula is C18H23ClN4O. The average Bonchev–Trinajstić information content (AvgIpc) is 3.18. The van der Waals surface area contributed by atoms with E-state index in [0.717, 1.165) is 30.8 Å². The number of benzene rings is 1. The van der Waals surface area contributed by atoms with Crippen LogP contribution in [0.2, 0.25) is 5.02 Å². The third-order valence-electron chi connectivity index (χ3n) is 4.64. The van der Waals surface area contributed by atoms with E-state index in [2.05, 4.69) is 22.2 Å². The molecule has 1 aliphatic rings. The number of nitrogens with one attached hydrogen (secondary N) is 1. The summed E-state index contributed by atoms with van der Waals surface area (Å²) < 4.78 is 1.62. The third kappa shape index (κ3) is 3.62. The molecular weight excluding hydrogens is 324 g/mol. The molecule has 2 aromatic rings. The normalized spacial score (nSPS) is 18.0. The fourth-order valence-electron chi connectivity index (χ4n) is 3.31. The first-order chi connectivity index (χ1) is 11.6. The minimum atomic E-state index is -0.0822. The second kappa shape index (κ2) is 7.36. The summed E-state index contributed by atoms with van der Waals surface area (Å²) >= 11 is 6.04. The van der Waals surface area contributed by atoms with Gasteiger partial charge < -0.3 is 5.32 Å². The van der Waals surface area contributed by atoms with Crippen LogP contribution in [0.3, 0.4) is 0 Å². The first-order valence-corrected chi connectivity index (χ1v) is 8.78. The van der Waals surface area contributed by atoms with Gasteiger partial charge in [0.2, 0.25) is 0 Å². The van der Waals surface area contributed by atoms with Crippen LogP contribution in [0.1, 0.15) is 30.3 Å². The zero-order chi connectivity index (χ0) is 17.1. The molecule has 24 heavy (non-hydrogen) atoms. The molecule has 5 nitrogen and oxygen atoms in total. The summed E-state index contributed by atoms with van der Waals surface area (Å²) in [6.07, 6.45) is 2.35. The number of rotatable bonds is 5. The van der Waals surface area contributed by atoms with E-state index < -0.39 is 0 Å². The summed E-state index contributed by atoms with van der Waals surface area (Å²) in [7, 11) is 1.79. The van der Waals surface area contributed by atoms with Crippen LogP contribution >= 0.6 is 11.6 Å². The number of hydrogen-bond acceptors (Lipinski definition) is 3. The Kier molecular flexibility index (Phi) is 5.21. The Morgan fingerprint density at radius 2 is 2.25 bits per heavy atom. The maximum absolute atomic E-state index is 12.5. The van der Waals surface area contributed by atoms with Crippen molar-refractivity contribution in [2.75, 3.05) is 19.6 Å². The highest BCUT2D eigenvalue weighted by Crippen LogP contribution is 2.22. The fourth-order valence-corrected chi connectivity index (χ4v) is 3.50. The summed E-state index contributed by atoms with van der Waals surface area (Å²) in [6, 6.07) is 9.75. The van der Waals surface area contributed by atoms with Gasteiger partial charge in [-0.1, -0.05) is 30.7 Å². The van der Waals surface area contributed by atoms with Gasteiger partial charge in [0.1, 0.15) is 5.69 Å². The lowest BCUT2D eigenvalue weighted by Crippen LogP contribution is -2.40. The number of hydrogen-bond donors (Lipinski definition) is 1. The lowest BCUT2D eigenvalue weighted by Gasteiger charge is -2.22. The standard InChI is InChI=1S/C18H23ClN4O/c1-3-23-9-5-8-15(23)12-20-18(24)17-11-16(21-22(17)2)13-6-4-7-14(19)10-13/h4,6-7,10-11,15H,3,5,8-9,12H2,1-2H3,(H,20,24)/t15-/m1/s1. The van der Waals surface area contributed by atoms with E-state index in [1.165, 1.54) is 6.42 Å². The van der Waals surface area contributed by atoms with Gasteiger partial charge in [-0.05, 0) is 44.1 Å². The zero-order valence-corrected chi connectivity index (χ0v) is 14.9. The molecule has 3 rings (SSSR count). The summed E-state index contributed by atoms with van der Waals surface area (Å²) in [4.78, 5) is 14.9. The molecule has 0 saturated carbocycles. The number of carbonyl (C=O) groups excluding carboxylic acids is 1. The molecule has 6 heteroatoms. The van der Waals surface area contributed by atoms with Crippen molar-refractivity contribution in [2.45, 2.75) is 25.8 Å². The van der Waals surface area contributed by atoms with Crippen molar-refractivity contribution in [2.24, 2.45) is 7.05 Å². The number of nitrogens with zero attached hydrogens (tertiary/aromatic N) is 3. The van der Waals surface area contributed by atoms with E-state index in [0.29, 0.717) is 23.3 Å². The Hall–Kier alpha value is -1.85. The van der Waals surface area contributed by atoms with Crippen molar-refractivity contribution in [3.63, 3.8) is 0 Å². The average molecular weight is 347 g/mol. The van der Waals surface area contributed by atoms with Gasteiger partial charge in [0.05, 0.1) is 5.69 Å². The van der Waals surface area contributed by atoms with Crippen LogP contribution in [-0.2, 0) is 7.05 Å². The first-order valence-electron chi connectivity index (χ1n) is 8.40. The second-order valence-corrected chi connectivity index (χ2v) is 6.62. The summed E-state index contributed by atoms with van der Waals surface area (Å²) in [5, 5.41) is 8.15. The van der Waals surface area contributed by atoms with Crippen LogP contribution < -0.4 is 5.32 Å². The highest BCUT2D eigenvalue weighted by molar-refractivity contribution is 6.30. The monoisotopic (exact) mass is 346 g/mol. The number of aromatic nitrogens is 2. The second-order valence-electron chi connectivity index (χ2n) is 6.18. The topological polar surface area (TPSA) is 50.2 Å². The number of likely N-dealkylation sites (tertiary alicyclic amines) is 1. The van der Waals surface area contributed by atoms with E-state index in [1.54, 1.807) is 11.7 Å². The van der Waals surface area contributed by atoms with Crippen molar-refractivity contribution in [1.29, 1.82) is 0 Å². The molecule has 2 heterocycles. The Bertz CT molecular complexity index is 728. The van der Waals surface area contributed by atoms with Crippen LogP contribution in [0.5, 0.6) is 0 Å². The quantitative estimate of drug-likeness (QED) is 0.905. The molecule has 1 aromatic heterocycles. The smallest absolute Gasteiger partial charge is 0.269 e. The largest absolute Gasteiger partial charge is 0.349 e. The predicted molar refractivity (Wildman–Crippen MR) is 96.3 cm³/mol. The highest BCUT2D eigenvalue weighted by Gasteiger charge is 2.24. The number of likely N-dealkylation sites (N-methyl/N-ethyl adjacent to an activating group) is 1. The molecule has 0 unspecified atom stereocenters. The van der Waals surface area contributed by atoms with Crippen molar-refractivity contribution in [3.05, 3.63) is 41.0 Å². The SMILES string of the molecule is CCN1CCC[C@@H]1CNC(=O)c1cc(-c2cccc(Cl)c2)nn1C. The number of carbonyl (C=O) groups is 1. The van der Waals surface area contributed by atoms with E-state index in [1.807, 2.05) is 30.3 Å². The predicted octanol–water partition coefficient (Wildman–Crippen LogP) is 2.95. The zero-order valence-electron chi connectivity index (χ0n) is 14.1. The van der Waals surface area contributed by atoms with Gasteiger partial charge in [0, 0.05) is 30.2 Å². The van der Waals surface area contributed by atoms with Crippen molar-refractivity contribution >= 4 is 17.5 Å². The van der Waals surface area contributed by atoms with Gasteiger partial charge in [0.25, 0.3) is 5.91 Å². The summed E-state index contributed by atoms with van der Waals surface area (Å²) in [5.74, 6) is -0.0822. The molecule has 0 radical (unpaired) electrons. The van der Waals surface area contributed by atoms with Gasteiger partial charge in [-0.3, -0.25) is 14.4 Å². The van der Waals surface area contributed by atoms with Gasteiger partial charge in [-0.25, -0.2) is 0 Å². The minimum Gasteiger partial charge on any atom is -0.349 e. The maximum atomic E-state index is 12.5. The maximum Gasteiger partial charge on any atom is 0.269 e. The fraction of sp³-hybridized carbons (Fsp3) is 0.444. The number of halogens is 1. The van der Waals surface area contributed by atoms with Crippen LogP contribution in [0.15, 0.2) is 30.3 Å². The van der Waals surface area contributed by atoms with Crippen molar-refractivity contribution < 1.29 is 4.79 Å².